The molecule has 5 aromatic rings. The van der Waals surface area contributed by atoms with Crippen molar-refractivity contribution in [1.82, 2.24) is 4.98 Å². The molecule has 2 fully saturated rings. The van der Waals surface area contributed by atoms with Crippen molar-refractivity contribution in [3.8, 4) is 28.7 Å². The summed E-state index contributed by atoms with van der Waals surface area (Å²) in [5, 5.41) is 27.1. The zero-order valence-electron chi connectivity index (χ0n) is 50.4. The van der Waals surface area contributed by atoms with Gasteiger partial charge in [0.1, 0.15) is 35.9 Å². The maximum Gasteiger partial charge on any atom is 0.330 e. The number of aliphatic hydroxyl groups excluding tert-OH is 1. The van der Waals surface area contributed by atoms with Gasteiger partial charge in [-0.15, -0.1) is 0 Å². The second kappa shape index (κ2) is 40.3. The smallest absolute Gasteiger partial charge is 0.330 e. The molecular weight excluding hydrogens is 1130 g/mol. The molecule has 0 bridgehead atoms. The molecule has 0 aliphatic heterocycles. The minimum atomic E-state index is -0.473. The highest BCUT2D eigenvalue weighted by atomic mass is 32.1. The van der Waals surface area contributed by atoms with Crippen molar-refractivity contribution in [2.75, 3.05) is 51.2 Å². The SMILES string of the molecule is C=CC(=O)OCCCCCCOc1ccc(OC2CCC(C(=O)Oc3ccc(OOCC4CCC(C(OO)c5ccc(OCCCCCCOC(=O)C=C)cc5)CC4)c(/C=N/N(CCCCCCCCO)c4nc5ccccc5s4)c3)CC2)cc1.C=O. The molecule has 87 heavy (non-hydrogen) atoms. The topological polar surface area (TPSA) is 220 Å². The number of nitrogens with zero attached hydrogens (tertiary/aromatic N) is 3. The fourth-order valence-electron chi connectivity index (χ4n) is 10.6. The Kier molecular flexibility index (Phi) is 32.0. The van der Waals surface area contributed by atoms with Crippen molar-refractivity contribution < 1.29 is 72.6 Å². The standard InChI is InChI=1S/C67H87N3O14S.CH2O/c1-3-63(72)78-45-19-11-9-17-43-76-55-31-27-52(28-32-55)65(83-75)51-25-23-50(24-26-51)49-80-84-61-40-39-59(47-54(61)48-68-70(41-15-7-5-6-8-16-42-71)67-69-60-21-13-14-22-62(60)85-67)82-66(74)53-29-33-57(34-30-53)81-58-37-35-56(36-38-58)77-44-18-10-12-20-46-79-64(73)4-2;1-2/h3-4,13-14,21-22,27-28,31-32,35-40,47-48,50-51,53,57,65,71,75H,1-2,5-12,15-20,23-26,29-30,33-34,41-46,49H2;1H2/b68-48+;. The van der Waals surface area contributed by atoms with Crippen molar-refractivity contribution in [2.24, 2.45) is 22.9 Å². The Morgan fingerprint density at radius 1 is 0.655 bits per heavy atom. The third-order valence-electron chi connectivity index (χ3n) is 15.5. The van der Waals surface area contributed by atoms with E-state index in [2.05, 4.69) is 19.2 Å². The number of thiazole rings is 1. The van der Waals surface area contributed by atoms with Crippen LogP contribution in [0.3, 0.4) is 0 Å². The van der Waals surface area contributed by atoms with Crippen LogP contribution in [0.25, 0.3) is 10.2 Å². The number of aromatic nitrogens is 1. The van der Waals surface area contributed by atoms with Crippen LogP contribution in [-0.4, -0.2) is 98.5 Å². The maximum atomic E-state index is 13.8. The van der Waals surface area contributed by atoms with Crippen LogP contribution < -0.4 is 28.8 Å². The van der Waals surface area contributed by atoms with Crippen LogP contribution in [0.5, 0.6) is 28.7 Å². The lowest BCUT2D eigenvalue weighted by molar-refractivity contribution is -0.296. The van der Waals surface area contributed by atoms with E-state index in [4.69, 9.17) is 58.0 Å². The van der Waals surface area contributed by atoms with E-state index in [1.165, 1.54) is 12.2 Å². The quantitative estimate of drug-likeness (QED) is 0.00708. The van der Waals surface area contributed by atoms with Gasteiger partial charge in [-0.25, -0.2) is 24.5 Å². The van der Waals surface area contributed by atoms with Crippen LogP contribution in [0.15, 0.2) is 121 Å². The number of unbranched alkanes of at least 4 members (excludes halogenated alkanes) is 11. The van der Waals surface area contributed by atoms with Gasteiger partial charge in [-0.3, -0.25) is 10.1 Å². The lowest BCUT2D eigenvalue weighted by atomic mass is 9.78. The zero-order valence-corrected chi connectivity index (χ0v) is 51.2. The highest BCUT2D eigenvalue weighted by Crippen LogP contribution is 2.40. The fraction of sp³-hybridized carbons (Fsp3) is 0.500. The van der Waals surface area contributed by atoms with E-state index in [-0.39, 0.29) is 36.4 Å². The highest BCUT2D eigenvalue weighted by Gasteiger charge is 2.31. The molecule has 2 aliphatic carbocycles. The minimum Gasteiger partial charge on any atom is -0.494 e. The lowest BCUT2D eigenvalue weighted by Crippen LogP contribution is -2.30. The van der Waals surface area contributed by atoms with Crippen LogP contribution in [0.4, 0.5) is 5.13 Å². The van der Waals surface area contributed by atoms with Gasteiger partial charge < -0.3 is 43.2 Å². The summed E-state index contributed by atoms with van der Waals surface area (Å²) in [6, 6.07) is 28.7. The summed E-state index contributed by atoms with van der Waals surface area (Å²) >= 11 is 1.58. The molecule has 2 N–H and O–H groups in total. The third-order valence-corrected chi connectivity index (χ3v) is 16.5. The summed E-state index contributed by atoms with van der Waals surface area (Å²) in [5.41, 5.74) is 2.35. The van der Waals surface area contributed by atoms with E-state index in [0.29, 0.717) is 82.3 Å². The average molecular weight is 1220 g/mol. The summed E-state index contributed by atoms with van der Waals surface area (Å²) in [6.45, 7) is 12.0. The number of carbonyl (C=O) groups is 4. The first-order valence-corrected chi connectivity index (χ1v) is 31.8. The van der Waals surface area contributed by atoms with Gasteiger partial charge in [-0.1, -0.05) is 74.4 Å². The van der Waals surface area contributed by atoms with Crippen molar-refractivity contribution in [2.45, 2.75) is 153 Å². The summed E-state index contributed by atoms with van der Waals surface area (Å²) < 4.78 is 35.5. The number of fused-ring (bicyclic) bond motifs is 1. The molecule has 7 rings (SSSR count). The summed E-state index contributed by atoms with van der Waals surface area (Å²) in [5.74, 6) is 2.03. The van der Waals surface area contributed by atoms with E-state index >= 15 is 0 Å². The number of para-hydroxylation sites is 1. The number of carbonyl (C=O) groups excluding carboxylic acids is 4. The Balaban J connectivity index is 0.00000598. The fourth-order valence-corrected chi connectivity index (χ4v) is 11.5. The Bertz CT molecular complexity index is 2780. The number of esters is 3. The predicted molar refractivity (Wildman–Crippen MR) is 337 cm³/mol. The number of benzene rings is 4. The van der Waals surface area contributed by atoms with Crippen molar-refractivity contribution >= 4 is 57.6 Å². The molecule has 0 spiro atoms. The van der Waals surface area contributed by atoms with Gasteiger partial charge in [0, 0.05) is 30.9 Å². The number of hydrogen-bond donors (Lipinski definition) is 2. The van der Waals surface area contributed by atoms with E-state index in [1.54, 1.807) is 35.8 Å². The van der Waals surface area contributed by atoms with Crippen molar-refractivity contribution in [3.63, 3.8) is 0 Å². The summed E-state index contributed by atoms with van der Waals surface area (Å²) in [6.07, 6.45) is 22.7. The Morgan fingerprint density at radius 3 is 1.83 bits per heavy atom. The lowest BCUT2D eigenvalue weighted by Gasteiger charge is -2.32. The summed E-state index contributed by atoms with van der Waals surface area (Å²) in [4.78, 5) is 66.3. The van der Waals surface area contributed by atoms with Crippen molar-refractivity contribution in [3.05, 3.63) is 127 Å². The van der Waals surface area contributed by atoms with Crippen LogP contribution in [0.1, 0.15) is 158 Å². The van der Waals surface area contributed by atoms with Crippen LogP contribution in [0, 0.1) is 17.8 Å². The number of rotatable bonds is 40. The van der Waals surface area contributed by atoms with Crippen molar-refractivity contribution in [1.29, 1.82) is 0 Å². The van der Waals surface area contributed by atoms with Gasteiger partial charge in [0.25, 0.3) is 0 Å². The molecule has 0 radical (unpaired) electrons. The number of hydrazone groups is 1. The number of aliphatic hydroxyl groups is 1. The van der Waals surface area contributed by atoms with Crippen LogP contribution in [-0.2, 0) is 38.4 Å². The van der Waals surface area contributed by atoms with Crippen LogP contribution in [0.2, 0.25) is 0 Å². The van der Waals surface area contributed by atoms with Gasteiger partial charge in [-0.05, 0) is 200 Å². The molecule has 472 valence electrons. The molecule has 0 amide bonds. The molecule has 1 aromatic heterocycles. The molecule has 1 heterocycles. The molecule has 2 aliphatic rings. The van der Waals surface area contributed by atoms with E-state index in [0.717, 1.165) is 154 Å². The second-order valence-electron chi connectivity index (χ2n) is 21.9. The van der Waals surface area contributed by atoms with Crippen LogP contribution >= 0.6 is 11.3 Å². The molecular formula is C68H89N3O15S. The van der Waals surface area contributed by atoms with E-state index < -0.39 is 18.0 Å². The maximum absolute atomic E-state index is 13.8. The minimum absolute atomic E-state index is 0.0280. The molecule has 19 heteroatoms. The number of ether oxygens (including phenoxy) is 6. The number of anilines is 1. The molecule has 1 unspecified atom stereocenters. The first-order chi connectivity index (χ1) is 42.7. The molecule has 4 aromatic carbocycles. The molecule has 1 atom stereocenters. The monoisotopic (exact) mass is 1220 g/mol. The number of hydrogen-bond acceptors (Lipinski definition) is 19. The van der Waals surface area contributed by atoms with Gasteiger partial charge in [0.15, 0.2) is 5.75 Å². The zero-order chi connectivity index (χ0) is 61.7. The first-order valence-electron chi connectivity index (χ1n) is 30.9. The third kappa shape index (κ3) is 24.9. The molecule has 2 saturated carbocycles. The van der Waals surface area contributed by atoms with Gasteiger partial charge in [0.2, 0.25) is 5.13 Å². The summed E-state index contributed by atoms with van der Waals surface area (Å²) in [7, 11) is 0. The molecule has 18 nitrogen and oxygen atoms in total. The van der Waals surface area contributed by atoms with E-state index in [1.807, 2.05) is 78.5 Å². The van der Waals surface area contributed by atoms with Gasteiger partial charge >= 0.3 is 17.9 Å². The predicted octanol–water partition coefficient (Wildman–Crippen LogP) is 14.5. The normalized spacial score (nSPS) is 16.9. The second-order valence-corrected chi connectivity index (χ2v) is 22.9. The average Bonchev–Trinajstić information content (AvgIpc) is 3.92. The first kappa shape index (κ1) is 68.9. The van der Waals surface area contributed by atoms with Gasteiger partial charge in [-0.2, -0.15) is 9.99 Å². The van der Waals surface area contributed by atoms with E-state index in [9.17, 15) is 24.7 Å². The largest absolute Gasteiger partial charge is 0.494 e. The Morgan fingerprint density at radius 2 is 1.22 bits per heavy atom. The Hall–Kier alpha value is -7.16. The van der Waals surface area contributed by atoms with Gasteiger partial charge in [0.05, 0.1) is 61.5 Å². The highest BCUT2D eigenvalue weighted by molar-refractivity contribution is 7.22. The molecule has 0 saturated heterocycles. The Labute approximate surface area is 516 Å².